The Morgan fingerprint density at radius 2 is 2.13 bits per heavy atom. The van der Waals surface area contributed by atoms with Gasteiger partial charge in [-0.05, 0) is 31.4 Å². The molecule has 1 aromatic carbocycles. The van der Waals surface area contributed by atoms with Crippen molar-refractivity contribution in [1.29, 1.82) is 0 Å². The average Bonchev–Trinajstić information content (AvgIpc) is 3.02. The van der Waals surface area contributed by atoms with Gasteiger partial charge in [-0.2, -0.15) is 0 Å². The van der Waals surface area contributed by atoms with Crippen molar-refractivity contribution in [2.45, 2.75) is 25.7 Å². The largest absolute Gasteiger partial charge is 0.497 e. The van der Waals surface area contributed by atoms with Crippen LogP contribution in [0.1, 0.15) is 24.3 Å². The van der Waals surface area contributed by atoms with Crippen LogP contribution in [0.4, 0.5) is 10.8 Å². The Morgan fingerprint density at radius 3 is 2.91 bits per heavy atom. The molecule has 1 N–H and O–H groups in total. The normalized spacial score (nSPS) is 14.6. The first-order chi connectivity index (χ1) is 11.2. The molecule has 1 aliphatic heterocycles. The highest BCUT2D eigenvalue weighted by atomic mass is 32.1. The van der Waals surface area contributed by atoms with Crippen LogP contribution < -0.4 is 10.1 Å². The molecule has 23 heavy (non-hydrogen) atoms. The number of rotatable bonds is 5. The molecule has 1 aliphatic rings. The van der Waals surface area contributed by atoms with Crippen LogP contribution in [0.5, 0.6) is 5.75 Å². The van der Waals surface area contributed by atoms with Gasteiger partial charge in [0, 0.05) is 24.8 Å². The van der Waals surface area contributed by atoms with E-state index in [-0.39, 0.29) is 5.91 Å². The Morgan fingerprint density at radius 1 is 1.30 bits per heavy atom. The first-order valence-corrected chi connectivity index (χ1v) is 8.57. The molecular weight excluding hydrogens is 312 g/mol. The number of methoxy groups -OCH3 is 1. The Balaban J connectivity index is 1.60. The van der Waals surface area contributed by atoms with Gasteiger partial charge >= 0.3 is 0 Å². The summed E-state index contributed by atoms with van der Waals surface area (Å²) in [4.78, 5) is 14.2. The second kappa shape index (κ2) is 7.41. The number of benzene rings is 1. The maximum atomic E-state index is 12.2. The summed E-state index contributed by atoms with van der Waals surface area (Å²) in [6.45, 7) is 1.74. The molecule has 0 unspecified atom stereocenters. The summed E-state index contributed by atoms with van der Waals surface area (Å²) in [5.41, 5.74) is 0.884. The molecule has 0 spiro atoms. The number of nitrogens with zero attached hydrogens (tertiary/aromatic N) is 3. The fraction of sp³-hybridized carbons (Fsp3) is 0.438. The molecule has 1 aromatic heterocycles. The topological polar surface area (TPSA) is 67.3 Å². The minimum atomic E-state index is 0.147. The summed E-state index contributed by atoms with van der Waals surface area (Å²) in [6.07, 6.45) is 3.75. The standard InChI is InChI=1S/C16H20N4O2S/c1-22-13-7-5-6-12(10-13)17-16-19-18-14(23-16)11-15(21)20-8-3-2-4-9-20/h5-7,10H,2-4,8-9,11H2,1H3,(H,17,19). The van der Waals surface area contributed by atoms with Crippen LogP contribution in [-0.2, 0) is 11.2 Å². The van der Waals surface area contributed by atoms with Crippen LogP contribution >= 0.6 is 11.3 Å². The maximum Gasteiger partial charge on any atom is 0.229 e. The Labute approximate surface area is 139 Å². The van der Waals surface area contributed by atoms with Crippen LogP contribution in [0.25, 0.3) is 0 Å². The number of hydrogen-bond acceptors (Lipinski definition) is 6. The predicted molar refractivity (Wildman–Crippen MR) is 90.3 cm³/mol. The number of nitrogens with one attached hydrogen (secondary N) is 1. The quantitative estimate of drug-likeness (QED) is 0.912. The zero-order valence-corrected chi connectivity index (χ0v) is 13.9. The van der Waals surface area contributed by atoms with E-state index in [0.29, 0.717) is 11.6 Å². The Hall–Kier alpha value is -2.15. The van der Waals surface area contributed by atoms with Gasteiger partial charge < -0.3 is 15.0 Å². The van der Waals surface area contributed by atoms with E-state index < -0.39 is 0 Å². The van der Waals surface area contributed by atoms with Crippen LogP contribution in [-0.4, -0.2) is 41.2 Å². The molecule has 1 fully saturated rings. The molecule has 3 rings (SSSR count). The van der Waals surface area contributed by atoms with Gasteiger partial charge in [0.15, 0.2) is 0 Å². The van der Waals surface area contributed by atoms with E-state index in [4.69, 9.17) is 4.74 Å². The number of aromatic nitrogens is 2. The van der Waals surface area contributed by atoms with Crippen LogP contribution in [0.15, 0.2) is 24.3 Å². The maximum absolute atomic E-state index is 12.2. The zero-order valence-electron chi connectivity index (χ0n) is 13.1. The van der Waals surface area contributed by atoms with Crippen LogP contribution in [0.3, 0.4) is 0 Å². The molecule has 122 valence electrons. The SMILES string of the molecule is COc1cccc(Nc2nnc(CC(=O)N3CCCCC3)s2)c1. The van der Waals surface area contributed by atoms with Crippen molar-refractivity contribution < 1.29 is 9.53 Å². The van der Waals surface area contributed by atoms with Gasteiger partial charge in [0.05, 0.1) is 13.5 Å². The van der Waals surface area contributed by atoms with Crippen molar-refractivity contribution in [2.24, 2.45) is 0 Å². The number of likely N-dealkylation sites (tertiary alicyclic amines) is 1. The summed E-state index contributed by atoms with van der Waals surface area (Å²) < 4.78 is 5.19. The Kier molecular flexibility index (Phi) is 5.07. The molecule has 0 aliphatic carbocycles. The number of piperidine rings is 1. The molecule has 1 amide bonds. The van der Waals surface area contributed by atoms with Crippen LogP contribution in [0, 0.1) is 0 Å². The zero-order chi connectivity index (χ0) is 16.1. The second-order valence-corrected chi connectivity index (χ2v) is 6.54. The van der Waals surface area contributed by atoms with Gasteiger partial charge in [-0.1, -0.05) is 17.4 Å². The van der Waals surface area contributed by atoms with E-state index in [9.17, 15) is 4.79 Å². The fourth-order valence-electron chi connectivity index (χ4n) is 2.58. The lowest BCUT2D eigenvalue weighted by Gasteiger charge is -2.26. The van der Waals surface area contributed by atoms with Gasteiger partial charge in [0.2, 0.25) is 11.0 Å². The van der Waals surface area contributed by atoms with E-state index in [0.717, 1.165) is 42.4 Å². The van der Waals surface area contributed by atoms with Gasteiger partial charge in [-0.25, -0.2) is 0 Å². The summed E-state index contributed by atoms with van der Waals surface area (Å²) in [6, 6.07) is 7.61. The highest BCUT2D eigenvalue weighted by molar-refractivity contribution is 7.15. The lowest BCUT2D eigenvalue weighted by Crippen LogP contribution is -2.36. The highest BCUT2D eigenvalue weighted by Gasteiger charge is 2.18. The molecule has 0 atom stereocenters. The second-order valence-electron chi connectivity index (χ2n) is 5.48. The summed E-state index contributed by atoms with van der Waals surface area (Å²) in [5, 5.41) is 12.8. The van der Waals surface area contributed by atoms with Crippen molar-refractivity contribution in [3.05, 3.63) is 29.3 Å². The summed E-state index contributed by atoms with van der Waals surface area (Å²) in [7, 11) is 1.63. The molecule has 6 nitrogen and oxygen atoms in total. The van der Waals surface area contributed by atoms with E-state index in [1.54, 1.807) is 7.11 Å². The minimum absolute atomic E-state index is 0.147. The number of carbonyl (C=O) groups excluding carboxylic acids is 1. The number of hydrogen-bond donors (Lipinski definition) is 1. The molecule has 2 aromatic rings. The lowest BCUT2D eigenvalue weighted by molar-refractivity contribution is -0.131. The average molecular weight is 332 g/mol. The fourth-order valence-corrected chi connectivity index (χ4v) is 3.34. The highest BCUT2D eigenvalue weighted by Crippen LogP contribution is 2.24. The van der Waals surface area contributed by atoms with Crippen LogP contribution in [0.2, 0.25) is 0 Å². The van der Waals surface area contributed by atoms with E-state index in [1.165, 1.54) is 17.8 Å². The number of anilines is 2. The molecule has 0 bridgehead atoms. The third-order valence-corrected chi connectivity index (χ3v) is 4.64. The number of carbonyl (C=O) groups is 1. The first-order valence-electron chi connectivity index (χ1n) is 7.76. The van der Waals surface area contributed by atoms with Crippen molar-refractivity contribution >= 4 is 28.1 Å². The van der Waals surface area contributed by atoms with E-state index in [1.807, 2.05) is 29.2 Å². The van der Waals surface area contributed by atoms with Gasteiger partial charge in [0.25, 0.3) is 0 Å². The third kappa shape index (κ3) is 4.19. The van der Waals surface area contributed by atoms with Gasteiger partial charge in [-0.3, -0.25) is 4.79 Å². The van der Waals surface area contributed by atoms with Gasteiger partial charge in [0.1, 0.15) is 10.8 Å². The first kappa shape index (κ1) is 15.7. The summed E-state index contributed by atoms with van der Waals surface area (Å²) >= 11 is 1.41. The van der Waals surface area contributed by atoms with E-state index in [2.05, 4.69) is 15.5 Å². The molecule has 2 heterocycles. The predicted octanol–water partition coefficient (Wildman–Crippen LogP) is 2.85. The number of ether oxygens (including phenoxy) is 1. The van der Waals surface area contributed by atoms with E-state index >= 15 is 0 Å². The Bertz CT molecular complexity index is 668. The summed E-state index contributed by atoms with van der Waals surface area (Å²) in [5.74, 6) is 0.925. The van der Waals surface area contributed by atoms with Crippen molar-refractivity contribution in [1.82, 2.24) is 15.1 Å². The lowest BCUT2D eigenvalue weighted by atomic mass is 10.1. The minimum Gasteiger partial charge on any atom is -0.497 e. The number of amides is 1. The van der Waals surface area contributed by atoms with Crippen molar-refractivity contribution in [3.8, 4) is 5.75 Å². The third-order valence-electron chi connectivity index (χ3n) is 3.80. The molecule has 1 saturated heterocycles. The molecular formula is C16H20N4O2S. The van der Waals surface area contributed by atoms with Crippen molar-refractivity contribution in [3.63, 3.8) is 0 Å². The van der Waals surface area contributed by atoms with Crippen molar-refractivity contribution in [2.75, 3.05) is 25.5 Å². The van der Waals surface area contributed by atoms with Gasteiger partial charge in [-0.15, -0.1) is 10.2 Å². The monoisotopic (exact) mass is 332 g/mol. The smallest absolute Gasteiger partial charge is 0.229 e. The molecule has 0 radical (unpaired) electrons. The molecule has 7 heteroatoms. The molecule has 0 saturated carbocycles.